The molecule has 0 spiro atoms. The first-order valence-corrected chi connectivity index (χ1v) is 5.99. The highest BCUT2D eigenvalue weighted by molar-refractivity contribution is 5.70. The Kier molecular flexibility index (Phi) is 3.43. The molecule has 88 valence electrons. The highest BCUT2D eigenvalue weighted by Crippen LogP contribution is 2.16. The number of imidazole rings is 1. The molecule has 1 aromatic heterocycles. The third-order valence-electron chi connectivity index (χ3n) is 2.96. The van der Waals surface area contributed by atoms with Gasteiger partial charge in [-0.2, -0.15) is 0 Å². The zero-order valence-corrected chi connectivity index (χ0v) is 10.6. The second-order valence-electron chi connectivity index (χ2n) is 4.27. The Hall–Kier alpha value is -1.83. The molecule has 2 rings (SSSR count). The Bertz CT molecular complexity index is 515. The van der Waals surface area contributed by atoms with Gasteiger partial charge in [0.2, 0.25) is 0 Å². The molecule has 1 N–H and O–H groups in total. The number of nitrogens with zero attached hydrogens (tertiary/aromatic N) is 1. The fourth-order valence-corrected chi connectivity index (χ4v) is 1.90. The Morgan fingerprint density at radius 3 is 2.47 bits per heavy atom. The van der Waals surface area contributed by atoms with E-state index < -0.39 is 0 Å². The lowest BCUT2D eigenvalue weighted by atomic mass is 10.0. The maximum absolute atomic E-state index is 4.46. The van der Waals surface area contributed by atoms with E-state index in [1.54, 1.807) is 0 Å². The van der Waals surface area contributed by atoms with Gasteiger partial charge in [-0.05, 0) is 43.0 Å². The van der Waals surface area contributed by atoms with Crippen molar-refractivity contribution >= 4 is 12.2 Å². The molecule has 0 aliphatic heterocycles. The van der Waals surface area contributed by atoms with Crippen LogP contribution in [0.15, 0.2) is 24.4 Å². The van der Waals surface area contributed by atoms with Gasteiger partial charge in [0.1, 0.15) is 5.82 Å². The van der Waals surface area contributed by atoms with Crippen LogP contribution in [0.1, 0.15) is 35.1 Å². The molecular weight excluding hydrogens is 208 g/mol. The summed E-state index contributed by atoms with van der Waals surface area (Å²) in [7, 11) is 0. The molecule has 0 radical (unpaired) electrons. The van der Waals surface area contributed by atoms with Gasteiger partial charge in [-0.1, -0.05) is 31.2 Å². The topological polar surface area (TPSA) is 28.7 Å². The summed E-state index contributed by atoms with van der Waals surface area (Å²) in [5.74, 6) is 0.921. The molecule has 0 aliphatic carbocycles. The summed E-state index contributed by atoms with van der Waals surface area (Å²) in [4.78, 5) is 7.63. The number of nitrogens with one attached hydrogen (secondary N) is 1. The number of benzene rings is 1. The zero-order chi connectivity index (χ0) is 12.3. The van der Waals surface area contributed by atoms with Crippen LogP contribution >= 0.6 is 0 Å². The molecule has 0 bridgehead atoms. The van der Waals surface area contributed by atoms with Crippen LogP contribution in [0.4, 0.5) is 0 Å². The van der Waals surface area contributed by atoms with Gasteiger partial charge in [-0.25, -0.2) is 4.98 Å². The van der Waals surface area contributed by atoms with Gasteiger partial charge in [0, 0.05) is 6.20 Å². The van der Waals surface area contributed by atoms with E-state index >= 15 is 0 Å². The molecule has 0 saturated carbocycles. The van der Waals surface area contributed by atoms with E-state index in [1.165, 1.54) is 16.7 Å². The molecule has 0 aliphatic rings. The van der Waals surface area contributed by atoms with Crippen LogP contribution in [0, 0.1) is 13.8 Å². The van der Waals surface area contributed by atoms with Crippen LogP contribution in [0.5, 0.6) is 0 Å². The molecule has 1 aromatic carbocycles. The SMILES string of the molecule is CCc1c[nH]c(/C=C/c2c(C)cccc2C)n1. The largest absolute Gasteiger partial charge is 0.345 e. The molecule has 2 aromatic rings. The quantitative estimate of drug-likeness (QED) is 0.848. The van der Waals surface area contributed by atoms with Crippen molar-refractivity contribution in [3.05, 3.63) is 52.6 Å². The summed E-state index contributed by atoms with van der Waals surface area (Å²) in [5.41, 5.74) is 4.97. The second-order valence-corrected chi connectivity index (χ2v) is 4.27. The summed E-state index contributed by atoms with van der Waals surface area (Å²) in [6.07, 6.45) is 7.09. The molecule has 0 atom stereocenters. The fraction of sp³-hybridized carbons (Fsp3) is 0.267. The first kappa shape index (κ1) is 11.6. The third kappa shape index (κ3) is 2.64. The standard InChI is InChI=1S/C15H18N2/c1-4-13-10-16-15(17-13)9-8-14-11(2)6-5-7-12(14)3/h5-10H,4H2,1-3H3,(H,16,17)/b9-8+. The molecule has 2 heteroatoms. The average Bonchev–Trinajstić information content (AvgIpc) is 2.76. The van der Waals surface area contributed by atoms with Gasteiger partial charge in [-0.3, -0.25) is 0 Å². The van der Waals surface area contributed by atoms with Gasteiger partial charge in [-0.15, -0.1) is 0 Å². The number of aryl methyl sites for hydroxylation is 3. The van der Waals surface area contributed by atoms with Crippen molar-refractivity contribution < 1.29 is 0 Å². The van der Waals surface area contributed by atoms with Crippen molar-refractivity contribution in [2.45, 2.75) is 27.2 Å². The highest BCUT2D eigenvalue weighted by Gasteiger charge is 1.99. The highest BCUT2D eigenvalue weighted by atomic mass is 14.9. The third-order valence-corrected chi connectivity index (χ3v) is 2.96. The maximum atomic E-state index is 4.46. The lowest BCUT2D eigenvalue weighted by Crippen LogP contribution is -1.85. The van der Waals surface area contributed by atoms with E-state index in [0.29, 0.717) is 0 Å². The van der Waals surface area contributed by atoms with E-state index in [4.69, 9.17) is 0 Å². The lowest BCUT2D eigenvalue weighted by Gasteiger charge is -2.03. The number of H-pyrrole nitrogens is 1. The van der Waals surface area contributed by atoms with E-state index in [0.717, 1.165) is 17.9 Å². The summed E-state index contributed by atoms with van der Waals surface area (Å²) < 4.78 is 0. The van der Waals surface area contributed by atoms with Crippen LogP contribution in [0.3, 0.4) is 0 Å². The predicted molar refractivity (Wildman–Crippen MR) is 72.8 cm³/mol. The Labute approximate surface area is 102 Å². The van der Waals surface area contributed by atoms with Crippen molar-refractivity contribution in [3.8, 4) is 0 Å². The zero-order valence-electron chi connectivity index (χ0n) is 10.6. The van der Waals surface area contributed by atoms with Crippen molar-refractivity contribution in [2.75, 3.05) is 0 Å². The fourth-order valence-electron chi connectivity index (χ4n) is 1.90. The number of aromatic nitrogens is 2. The minimum absolute atomic E-state index is 0.921. The van der Waals surface area contributed by atoms with Crippen molar-refractivity contribution in [1.82, 2.24) is 9.97 Å². The summed E-state index contributed by atoms with van der Waals surface area (Å²) in [6.45, 7) is 6.37. The summed E-state index contributed by atoms with van der Waals surface area (Å²) in [6, 6.07) is 6.35. The molecule has 2 nitrogen and oxygen atoms in total. The van der Waals surface area contributed by atoms with Gasteiger partial charge in [0.15, 0.2) is 0 Å². The van der Waals surface area contributed by atoms with E-state index in [9.17, 15) is 0 Å². The average molecular weight is 226 g/mol. The van der Waals surface area contributed by atoms with Gasteiger partial charge >= 0.3 is 0 Å². The molecule has 0 unspecified atom stereocenters. The smallest absolute Gasteiger partial charge is 0.130 e. The van der Waals surface area contributed by atoms with Crippen molar-refractivity contribution in [2.24, 2.45) is 0 Å². The number of rotatable bonds is 3. The van der Waals surface area contributed by atoms with E-state index in [-0.39, 0.29) is 0 Å². The normalized spacial score (nSPS) is 11.2. The molecule has 17 heavy (non-hydrogen) atoms. The van der Waals surface area contributed by atoms with Crippen LogP contribution in [0.25, 0.3) is 12.2 Å². The van der Waals surface area contributed by atoms with Crippen LogP contribution in [0.2, 0.25) is 0 Å². The van der Waals surface area contributed by atoms with Crippen LogP contribution in [-0.2, 0) is 6.42 Å². The second kappa shape index (κ2) is 5.00. The maximum Gasteiger partial charge on any atom is 0.130 e. The monoisotopic (exact) mass is 226 g/mol. The van der Waals surface area contributed by atoms with E-state index in [2.05, 4.69) is 55.0 Å². The van der Waals surface area contributed by atoms with Gasteiger partial charge in [0.25, 0.3) is 0 Å². The van der Waals surface area contributed by atoms with Crippen molar-refractivity contribution in [3.63, 3.8) is 0 Å². The summed E-state index contributed by atoms with van der Waals surface area (Å²) in [5, 5.41) is 0. The minimum atomic E-state index is 0.921. The predicted octanol–water partition coefficient (Wildman–Crippen LogP) is 3.76. The van der Waals surface area contributed by atoms with Gasteiger partial charge in [0.05, 0.1) is 5.69 Å². The van der Waals surface area contributed by atoms with Crippen molar-refractivity contribution in [1.29, 1.82) is 0 Å². The molecule has 0 amide bonds. The molecule has 0 saturated heterocycles. The van der Waals surface area contributed by atoms with Gasteiger partial charge < -0.3 is 4.98 Å². The van der Waals surface area contributed by atoms with Crippen LogP contribution in [-0.4, -0.2) is 9.97 Å². The first-order valence-electron chi connectivity index (χ1n) is 5.99. The lowest BCUT2D eigenvalue weighted by molar-refractivity contribution is 1.06. The molecule has 1 heterocycles. The first-order chi connectivity index (χ1) is 8.20. The molecular formula is C15H18N2. The number of aromatic amines is 1. The number of hydrogen-bond donors (Lipinski definition) is 1. The van der Waals surface area contributed by atoms with Crippen LogP contribution < -0.4 is 0 Å². The van der Waals surface area contributed by atoms with E-state index in [1.807, 2.05) is 12.3 Å². The number of hydrogen-bond acceptors (Lipinski definition) is 1. The minimum Gasteiger partial charge on any atom is -0.345 e. The summed E-state index contributed by atoms with van der Waals surface area (Å²) >= 11 is 0. The Morgan fingerprint density at radius 1 is 1.18 bits per heavy atom. The Morgan fingerprint density at radius 2 is 1.88 bits per heavy atom. The molecule has 0 fully saturated rings. The Balaban J connectivity index is 2.25.